The second-order valence-electron chi connectivity index (χ2n) is 9.57. The number of nitrogens with zero attached hydrogens (tertiary/aromatic N) is 3. The molecule has 0 bridgehead atoms. The number of aromatic nitrogens is 2. The van der Waals surface area contributed by atoms with E-state index >= 15 is 0 Å². The van der Waals surface area contributed by atoms with Gasteiger partial charge in [-0.15, -0.1) is 0 Å². The van der Waals surface area contributed by atoms with E-state index in [1.54, 1.807) is 48.4 Å². The standard InChI is InChI=1S/C30H29ClN4O3/c1-20-5-3-7-25(15-20)35-18-27(22-11-13-24(31)14-12-22)32-30(35)33-28(36)19-34(17-21-9-10-21)29(37)23-6-4-8-26(16-23)38-2/h3-8,11-16,18,21H,9-10,17,19H2,1-2H3,(H,32,33,36). The minimum absolute atomic E-state index is 0.0799. The fourth-order valence-corrected chi connectivity index (χ4v) is 4.44. The zero-order valence-corrected chi connectivity index (χ0v) is 22.1. The lowest BCUT2D eigenvalue weighted by atomic mass is 10.1. The zero-order valence-electron chi connectivity index (χ0n) is 21.4. The summed E-state index contributed by atoms with van der Waals surface area (Å²) in [5, 5.41) is 3.59. The number of benzene rings is 3. The third kappa shape index (κ3) is 6.06. The highest BCUT2D eigenvalue weighted by Gasteiger charge is 2.29. The van der Waals surface area contributed by atoms with E-state index in [4.69, 9.17) is 21.3 Å². The molecule has 0 radical (unpaired) electrons. The summed E-state index contributed by atoms with van der Waals surface area (Å²) in [6.45, 7) is 2.47. The smallest absolute Gasteiger partial charge is 0.254 e. The van der Waals surface area contributed by atoms with Gasteiger partial charge in [0.1, 0.15) is 12.3 Å². The number of carbonyl (C=O) groups is 2. The van der Waals surface area contributed by atoms with E-state index in [1.165, 1.54) is 0 Å². The molecule has 38 heavy (non-hydrogen) atoms. The second kappa shape index (κ2) is 11.1. The van der Waals surface area contributed by atoms with Crippen LogP contribution in [-0.2, 0) is 4.79 Å². The van der Waals surface area contributed by atoms with E-state index < -0.39 is 0 Å². The predicted octanol–water partition coefficient (Wildman–Crippen LogP) is 6.00. The van der Waals surface area contributed by atoms with Crippen LogP contribution < -0.4 is 10.1 Å². The van der Waals surface area contributed by atoms with Crippen molar-refractivity contribution in [3.8, 4) is 22.7 Å². The summed E-state index contributed by atoms with van der Waals surface area (Å²) < 4.78 is 7.13. The van der Waals surface area contributed by atoms with E-state index in [0.717, 1.165) is 29.7 Å². The highest BCUT2D eigenvalue weighted by molar-refractivity contribution is 6.30. The molecule has 194 valence electrons. The maximum Gasteiger partial charge on any atom is 0.254 e. The largest absolute Gasteiger partial charge is 0.497 e. The molecule has 0 aliphatic heterocycles. The van der Waals surface area contributed by atoms with E-state index in [-0.39, 0.29) is 18.4 Å². The van der Waals surface area contributed by atoms with Crippen molar-refractivity contribution >= 4 is 29.4 Å². The van der Waals surface area contributed by atoms with Gasteiger partial charge in [-0.05, 0) is 73.7 Å². The molecule has 1 saturated carbocycles. The van der Waals surface area contributed by atoms with Gasteiger partial charge >= 0.3 is 0 Å². The van der Waals surface area contributed by atoms with Gasteiger partial charge < -0.3 is 9.64 Å². The Kier molecular flexibility index (Phi) is 7.47. The molecule has 0 unspecified atom stereocenters. The third-order valence-corrected chi connectivity index (χ3v) is 6.74. The molecule has 3 aromatic carbocycles. The van der Waals surface area contributed by atoms with Crippen molar-refractivity contribution in [1.82, 2.24) is 14.5 Å². The van der Waals surface area contributed by atoms with Gasteiger partial charge in [0, 0.05) is 34.6 Å². The number of methoxy groups -OCH3 is 1. The van der Waals surface area contributed by atoms with Crippen molar-refractivity contribution in [2.24, 2.45) is 5.92 Å². The average molecular weight is 529 g/mol. The number of imidazole rings is 1. The van der Waals surface area contributed by atoms with Gasteiger partial charge in [0.2, 0.25) is 11.9 Å². The Hall–Kier alpha value is -4.10. The number of halogens is 1. The fraction of sp³-hybridized carbons (Fsp3) is 0.233. The lowest BCUT2D eigenvalue weighted by Crippen LogP contribution is -2.39. The van der Waals surface area contributed by atoms with Crippen molar-refractivity contribution in [3.05, 3.63) is 95.1 Å². The van der Waals surface area contributed by atoms with Crippen molar-refractivity contribution < 1.29 is 14.3 Å². The second-order valence-corrected chi connectivity index (χ2v) is 10.0. The number of carbonyl (C=O) groups excluding carboxylic acids is 2. The molecule has 8 heteroatoms. The molecule has 0 spiro atoms. The molecule has 1 aromatic heterocycles. The molecule has 2 amide bonds. The van der Waals surface area contributed by atoms with Gasteiger partial charge in [0.15, 0.2) is 0 Å². The van der Waals surface area contributed by atoms with Gasteiger partial charge in [-0.1, -0.05) is 41.9 Å². The number of anilines is 1. The van der Waals surface area contributed by atoms with Crippen LogP contribution in [0.5, 0.6) is 5.75 Å². The molecular weight excluding hydrogens is 500 g/mol. The van der Waals surface area contributed by atoms with Crippen LogP contribution in [0.2, 0.25) is 5.02 Å². The van der Waals surface area contributed by atoms with Crippen molar-refractivity contribution in [2.75, 3.05) is 25.5 Å². The monoisotopic (exact) mass is 528 g/mol. The van der Waals surface area contributed by atoms with Crippen LogP contribution in [-0.4, -0.2) is 46.5 Å². The van der Waals surface area contributed by atoms with E-state index in [9.17, 15) is 9.59 Å². The summed E-state index contributed by atoms with van der Waals surface area (Å²) in [5.74, 6) is 0.884. The predicted molar refractivity (Wildman–Crippen MR) is 149 cm³/mol. The van der Waals surface area contributed by atoms with Crippen LogP contribution in [0.25, 0.3) is 16.9 Å². The van der Waals surface area contributed by atoms with Crippen LogP contribution in [0.1, 0.15) is 28.8 Å². The number of nitrogens with one attached hydrogen (secondary N) is 1. The number of hydrogen-bond acceptors (Lipinski definition) is 4. The molecule has 1 aliphatic rings. The third-order valence-electron chi connectivity index (χ3n) is 6.49. The Labute approximate surface area is 227 Å². The maximum absolute atomic E-state index is 13.4. The lowest BCUT2D eigenvalue weighted by molar-refractivity contribution is -0.117. The quantitative estimate of drug-likeness (QED) is 0.289. The molecule has 0 saturated heterocycles. The number of amides is 2. The van der Waals surface area contributed by atoms with Gasteiger partial charge in [0.25, 0.3) is 5.91 Å². The number of aryl methyl sites for hydroxylation is 1. The highest BCUT2D eigenvalue weighted by Crippen LogP contribution is 2.31. The topological polar surface area (TPSA) is 76.5 Å². The first kappa shape index (κ1) is 25.5. The summed E-state index contributed by atoms with van der Waals surface area (Å²) in [4.78, 5) is 33.0. The maximum atomic E-state index is 13.4. The minimum atomic E-state index is -0.316. The molecule has 1 heterocycles. The number of hydrogen-bond donors (Lipinski definition) is 1. The minimum Gasteiger partial charge on any atom is -0.497 e. The van der Waals surface area contributed by atoms with E-state index in [0.29, 0.717) is 40.4 Å². The molecular formula is C30H29ClN4O3. The van der Waals surface area contributed by atoms with Gasteiger partial charge in [-0.2, -0.15) is 0 Å². The summed E-state index contributed by atoms with van der Waals surface area (Å²) in [7, 11) is 1.56. The first-order chi connectivity index (χ1) is 18.4. The van der Waals surface area contributed by atoms with Crippen molar-refractivity contribution in [3.63, 3.8) is 0 Å². The van der Waals surface area contributed by atoms with Crippen LogP contribution >= 0.6 is 11.6 Å². The number of rotatable bonds is 9. The van der Waals surface area contributed by atoms with Crippen LogP contribution in [0.4, 0.5) is 5.95 Å². The van der Waals surface area contributed by atoms with Crippen LogP contribution in [0.15, 0.2) is 79.0 Å². The number of ether oxygens (including phenoxy) is 1. The van der Waals surface area contributed by atoms with Gasteiger partial charge in [-0.25, -0.2) is 4.98 Å². The molecule has 1 fully saturated rings. The summed E-state index contributed by atoms with van der Waals surface area (Å²) in [6.07, 6.45) is 4.01. The lowest BCUT2D eigenvalue weighted by Gasteiger charge is -2.22. The summed E-state index contributed by atoms with van der Waals surface area (Å²) in [6, 6.07) is 22.4. The first-order valence-corrected chi connectivity index (χ1v) is 12.9. The van der Waals surface area contributed by atoms with E-state index in [2.05, 4.69) is 5.32 Å². The zero-order chi connectivity index (χ0) is 26.6. The van der Waals surface area contributed by atoms with Crippen molar-refractivity contribution in [2.45, 2.75) is 19.8 Å². The first-order valence-electron chi connectivity index (χ1n) is 12.5. The Bertz CT molecular complexity index is 1460. The average Bonchev–Trinajstić information content (AvgIpc) is 3.65. The van der Waals surface area contributed by atoms with Gasteiger partial charge in [0.05, 0.1) is 12.8 Å². The fourth-order valence-electron chi connectivity index (χ4n) is 4.31. The Morgan fingerprint density at radius 3 is 2.55 bits per heavy atom. The Morgan fingerprint density at radius 1 is 1.08 bits per heavy atom. The molecule has 5 rings (SSSR count). The van der Waals surface area contributed by atoms with Gasteiger partial charge in [-0.3, -0.25) is 19.5 Å². The molecule has 0 atom stereocenters. The normalized spacial score (nSPS) is 12.7. The SMILES string of the molecule is COc1cccc(C(=O)N(CC(=O)Nc2nc(-c3ccc(Cl)cc3)cn2-c2cccc(C)c2)CC2CC2)c1. The molecule has 1 aliphatic carbocycles. The molecule has 1 N–H and O–H groups in total. The summed E-state index contributed by atoms with van der Waals surface area (Å²) >= 11 is 6.07. The van der Waals surface area contributed by atoms with E-state index in [1.807, 2.05) is 54.1 Å². The highest BCUT2D eigenvalue weighted by atomic mass is 35.5. The summed E-state index contributed by atoms with van der Waals surface area (Å²) in [5.41, 5.74) is 4.01. The van der Waals surface area contributed by atoms with Crippen molar-refractivity contribution in [1.29, 1.82) is 0 Å². The Morgan fingerprint density at radius 2 is 1.84 bits per heavy atom. The molecule has 7 nitrogen and oxygen atoms in total. The Balaban J connectivity index is 1.41. The molecule has 4 aromatic rings. The van der Waals surface area contributed by atoms with Crippen LogP contribution in [0.3, 0.4) is 0 Å². The van der Waals surface area contributed by atoms with Crippen LogP contribution in [0, 0.1) is 12.8 Å².